The summed E-state index contributed by atoms with van der Waals surface area (Å²) in [5, 5.41) is 2.87. The van der Waals surface area contributed by atoms with E-state index in [1.807, 2.05) is 66.9 Å². The van der Waals surface area contributed by atoms with Crippen LogP contribution in [0.4, 0.5) is 5.69 Å². The van der Waals surface area contributed by atoms with Gasteiger partial charge in [0.1, 0.15) is 12.4 Å². The van der Waals surface area contributed by atoms with Crippen LogP contribution in [-0.4, -0.2) is 39.8 Å². The predicted octanol–water partition coefficient (Wildman–Crippen LogP) is 7.03. The molecule has 1 aromatic heterocycles. The Hall–Kier alpha value is -3.85. The third kappa shape index (κ3) is 9.08. The molecule has 220 valence electrons. The van der Waals surface area contributed by atoms with E-state index in [-0.39, 0.29) is 5.91 Å². The summed E-state index contributed by atoms with van der Waals surface area (Å²) in [5.74, 6) is 0.973. The Labute approximate surface area is 251 Å². The summed E-state index contributed by atoms with van der Waals surface area (Å²) in [7, 11) is 0. The molecule has 42 heavy (non-hydrogen) atoms. The molecule has 7 nitrogen and oxygen atoms in total. The zero-order valence-corrected chi connectivity index (χ0v) is 25.4. The van der Waals surface area contributed by atoms with Crippen molar-refractivity contribution in [3.63, 3.8) is 0 Å². The van der Waals surface area contributed by atoms with Crippen LogP contribution in [-0.2, 0) is 33.0 Å². The van der Waals surface area contributed by atoms with Crippen LogP contribution in [0.2, 0.25) is 0 Å². The first kappa shape index (κ1) is 31.1. The number of carbonyl (C=O) groups is 1. The van der Waals surface area contributed by atoms with E-state index in [0.717, 1.165) is 59.8 Å². The van der Waals surface area contributed by atoms with Gasteiger partial charge in [-0.2, -0.15) is 0 Å². The van der Waals surface area contributed by atoms with Crippen LogP contribution in [0.5, 0.6) is 5.75 Å². The Morgan fingerprint density at radius 2 is 1.79 bits per heavy atom. The van der Waals surface area contributed by atoms with E-state index in [9.17, 15) is 9.35 Å². The third-order valence-corrected chi connectivity index (χ3v) is 8.12. The predicted molar refractivity (Wildman–Crippen MR) is 170 cm³/mol. The number of benzene rings is 3. The molecule has 3 aromatic carbocycles. The molecule has 0 aliphatic carbocycles. The van der Waals surface area contributed by atoms with Gasteiger partial charge >= 0.3 is 0 Å². The van der Waals surface area contributed by atoms with Crippen LogP contribution in [0, 0.1) is 6.92 Å². The molecule has 0 aliphatic rings. The molecule has 4 rings (SSSR count). The molecule has 1 heterocycles. The maximum Gasteiger partial charge on any atom is 0.248 e. The maximum atomic E-state index is 12.9. The molecule has 1 atom stereocenters. The number of nitrogens with one attached hydrogen (secondary N) is 1. The highest BCUT2D eigenvalue weighted by Gasteiger charge is 2.17. The fourth-order valence-corrected chi connectivity index (χ4v) is 5.58. The van der Waals surface area contributed by atoms with E-state index in [1.165, 1.54) is 6.08 Å². The van der Waals surface area contributed by atoms with Gasteiger partial charge in [0.05, 0.1) is 24.3 Å². The third-order valence-electron chi connectivity index (χ3n) is 6.79. The first-order valence-electron chi connectivity index (χ1n) is 14.4. The number of hydrogen-bond donors (Lipinski definition) is 1. The number of carbonyl (C=O) groups excluding carboxylic acids is 1. The molecule has 0 saturated carbocycles. The van der Waals surface area contributed by atoms with Gasteiger partial charge in [-0.05, 0) is 96.7 Å². The van der Waals surface area contributed by atoms with Crippen molar-refractivity contribution in [2.24, 2.45) is 0 Å². The van der Waals surface area contributed by atoms with E-state index in [1.54, 1.807) is 36.7 Å². The monoisotopic (exact) mass is 585 g/mol. The average molecular weight is 586 g/mol. The van der Waals surface area contributed by atoms with E-state index < -0.39 is 11.2 Å². The fraction of sp³-hybridized carbons (Fsp3) is 0.294. The SMILES string of the molecule is CCCCOCCOc1ccc(-c2cccc(/C=C/C(=O)Nc3ccc([S@@+]([O-])Cc4c(C)ncn4CC)cc3)c2)cc1. The van der Waals surface area contributed by atoms with E-state index in [0.29, 0.717) is 29.5 Å². The van der Waals surface area contributed by atoms with Crippen molar-refractivity contribution in [2.45, 2.75) is 50.8 Å². The molecule has 0 aliphatic heterocycles. The quantitative estimate of drug-likeness (QED) is 0.0919. The zero-order chi connectivity index (χ0) is 29.7. The lowest BCUT2D eigenvalue weighted by Gasteiger charge is -2.13. The number of aryl methyl sites for hydroxylation is 2. The molecule has 1 N–H and O–H groups in total. The van der Waals surface area contributed by atoms with Crippen LogP contribution in [0.25, 0.3) is 17.2 Å². The van der Waals surface area contributed by atoms with Gasteiger partial charge in [0.2, 0.25) is 5.91 Å². The second kappa shape index (κ2) is 16.0. The molecule has 0 bridgehead atoms. The zero-order valence-electron chi connectivity index (χ0n) is 24.5. The molecule has 4 aromatic rings. The molecule has 8 heteroatoms. The summed E-state index contributed by atoms with van der Waals surface area (Å²) in [6, 6.07) is 23.1. The minimum Gasteiger partial charge on any atom is -0.611 e. The summed E-state index contributed by atoms with van der Waals surface area (Å²) in [4.78, 5) is 17.6. The number of rotatable bonds is 15. The number of nitrogens with zero attached hydrogens (tertiary/aromatic N) is 2. The summed E-state index contributed by atoms with van der Waals surface area (Å²) >= 11 is -1.21. The largest absolute Gasteiger partial charge is 0.611 e. The Morgan fingerprint density at radius 1 is 1.00 bits per heavy atom. The minimum absolute atomic E-state index is 0.239. The molecular weight excluding hydrogens is 546 g/mol. The van der Waals surface area contributed by atoms with Gasteiger partial charge in [-0.3, -0.25) is 4.79 Å². The average Bonchev–Trinajstić information content (AvgIpc) is 3.37. The summed E-state index contributed by atoms with van der Waals surface area (Å²) < 4.78 is 26.2. The lowest BCUT2D eigenvalue weighted by molar-refractivity contribution is -0.111. The first-order chi connectivity index (χ1) is 20.5. The molecular formula is C34H39N3O4S. The van der Waals surface area contributed by atoms with Crippen LogP contribution in [0.1, 0.15) is 43.6 Å². The Morgan fingerprint density at radius 3 is 2.52 bits per heavy atom. The first-order valence-corrected chi connectivity index (χ1v) is 15.7. The second-order valence-electron chi connectivity index (χ2n) is 9.86. The van der Waals surface area contributed by atoms with Gasteiger partial charge in [-0.15, -0.1) is 0 Å². The molecule has 0 saturated heterocycles. The highest BCUT2D eigenvalue weighted by molar-refractivity contribution is 7.90. The number of ether oxygens (including phenoxy) is 2. The van der Waals surface area contributed by atoms with E-state index >= 15 is 0 Å². The van der Waals surface area contributed by atoms with Gasteiger partial charge in [0, 0.05) is 24.9 Å². The topological polar surface area (TPSA) is 88.4 Å². The lowest BCUT2D eigenvalue weighted by Crippen LogP contribution is -2.11. The van der Waals surface area contributed by atoms with Crippen LogP contribution < -0.4 is 10.1 Å². The molecule has 0 spiro atoms. The number of hydrogen-bond acceptors (Lipinski definition) is 5. The summed E-state index contributed by atoms with van der Waals surface area (Å²) in [6.07, 6.45) is 7.28. The number of anilines is 1. The Balaban J connectivity index is 1.28. The van der Waals surface area contributed by atoms with Crippen LogP contribution in [0.15, 0.2) is 90.1 Å². The lowest BCUT2D eigenvalue weighted by atomic mass is 10.0. The molecule has 0 fully saturated rings. The highest BCUT2D eigenvalue weighted by atomic mass is 32.2. The van der Waals surface area contributed by atoms with E-state index in [2.05, 4.69) is 17.2 Å². The van der Waals surface area contributed by atoms with Crippen molar-refractivity contribution in [2.75, 3.05) is 25.1 Å². The van der Waals surface area contributed by atoms with E-state index in [4.69, 9.17) is 9.47 Å². The normalized spacial score (nSPS) is 12.0. The highest BCUT2D eigenvalue weighted by Crippen LogP contribution is 2.24. The van der Waals surface area contributed by atoms with Crippen molar-refractivity contribution in [3.05, 3.63) is 102 Å². The van der Waals surface area contributed by atoms with Crippen LogP contribution >= 0.6 is 0 Å². The Bertz CT molecular complexity index is 1450. The molecule has 0 radical (unpaired) electrons. The number of aromatic nitrogens is 2. The number of amides is 1. The number of imidazole rings is 1. The van der Waals surface area contributed by atoms with Crippen molar-refractivity contribution in [1.82, 2.24) is 9.55 Å². The smallest absolute Gasteiger partial charge is 0.248 e. The van der Waals surface area contributed by atoms with Gasteiger partial charge in [-0.25, -0.2) is 4.98 Å². The Kier molecular flexibility index (Phi) is 11.8. The molecule has 1 amide bonds. The molecule has 0 unspecified atom stereocenters. The van der Waals surface area contributed by atoms with Crippen molar-refractivity contribution in [3.8, 4) is 16.9 Å². The van der Waals surface area contributed by atoms with Gasteiger partial charge in [-0.1, -0.05) is 43.7 Å². The summed E-state index contributed by atoms with van der Waals surface area (Å²) in [6.45, 7) is 8.79. The summed E-state index contributed by atoms with van der Waals surface area (Å²) in [5.41, 5.74) is 5.55. The van der Waals surface area contributed by atoms with Crippen molar-refractivity contribution < 1.29 is 18.8 Å². The van der Waals surface area contributed by atoms with Gasteiger partial charge in [0.15, 0.2) is 10.6 Å². The van der Waals surface area contributed by atoms with Gasteiger partial charge < -0.3 is 23.9 Å². The van der Waals surface area contributed by atoms with Crippen molar-refractivity contribution in [1.29, 1.82) is 0 Å². The van der Waals surface area contributed by atoms with Crippen molar-refractivity contribution >= 4 is 28.8 Å². The fourth-order valence-electron chi connectivity index (χ4n) is 4.35. The minimum atomic E-state index is -1.21. The number of unbranched alkanes of at least 4 members (excludes halogenated alkanes) is 1. The van der Waals surface area contributed by atoms with Gasteiger partial charge in [0.25, 0.3) is 0 Å². The van der Waals surface area contributed by atoms with Crippen LogP contribution in [0.3, 0.4) is 0 Å². The second-order valence-corrected chi connectivity index (χ2v) is 11.3. The standard InChI is InChI=1S/C34H39N3O4S/c1-4-6-20-40-21-22-41-31-15-11-28(12-16-31)29-9-7-8-27(23-29)10-19-34(38)36-30-13-17-32(18-14-30)42(39)24-33-26(3)35-25-37(33)5-2/h7-19,23,25H,4-6,20-22,24H2,1-3H3,(H,36,38)/b19-10+/t42-/m0/s1. The maximum absolute atomic E-state index is 12.9.